The fourth-order valence-corrected chi connectivity index (χ4v) is 4.07. The minimum Gasteiger partial charge on any atom is -0.363 e. The molecular weight excluding hydrogens is 380 g/mol. The molecule has 0 radical (unpaired) electrons. The van der Waals surface area contributed by atoms with Gasteiger partial charge in [0.25, 0.3) is 0 Å². The summed E-state index contributed by atoms with van der Waals surface area (Å²) in [6.07, 6.45) is 9.19. The number of anilines is 2. The van der Waals surface area contributed by atoms with Crippen molar-refractivity contribution in [1.82, 2.24) is 34.8 Å². The lowest BCUT2D eigenvalue weighted by molar-refractivity contribution is 0.198. The Balaban J connectivity index is 1.40. The second-order valence-corrected chi connectivity index (χ2v) is 7.88. The Hall–Kier alpha value is -3.58. The third-order valence-electron chi connectivity index (χ3n) is 5.73. The summed E-state index contributed by atoms with van der Waals surface area (Å²) in [5, 5.41) is 23.7. The second kappa shape index (κ2) is 7.03. The molecule has 5 heterocycles. The van der Waals surface area contributed by atoms with Crippen LogP contribution in [0.25, 0.3) is 5.65 Å². The molecule has 0 aliphatic carbocycles. The Morgan fingerprint density at radius 1 is 1.37 bits per heavy atom. The highest BCUT2D eigenvalue weighted by molar-refractivity contribution is 5.71. The van der Waals surface area contributed by atoms with Gasteiger partial charge in [0, 0.05) is 38.7 Å². The first-order valence-electron chi connectivity index (χ1n) is 10.1. The monoisotopic (exact) mass is 404 g/mol. The number of aryl methyl sites for hydroxylation is 1. The molecule has 154 valence electrons. The van der Waals surface area contributed by atoms with Crippen LogP contribution in [0.15, 0.2) is 42.6 Å². The van der Waals surface area contributed by atoms with E-state index in [1.54, 1.807) is 4.52 Å². The topological polar surface area (TPSA) is 102 Å². The lowest BCUT2D eigenvalue weighted by Crippen LogP contribution is -2.63. The molecule has 0 atom stereocenters. The summed E-state index contributed by atoms with van der Waals surface area (Å²) in [5.41, 5.74) is 6.87. The summed E-state index contributed by atoms with van der Waals surface area (Å²) in [4.78, 5) is 6.95. The Bertz CT molecular complexity index is 1140. The number of rotatable bonds is 6. The molecule has 2 aliphatic heterocycles. The van der Waals surface area contributed by atoms with Crippen molar-refractivity contribution in [3.05, 3.63) is 48.2 Å². The van der Waals surface area contributed by atoms with Crippen molar-refractivity contribution < 1.29 is 0 Å². The summed E-state index contributed by atoms with van der Waals surface area (Å²) < 4.78 is 3.76. The van der Waals surface area contributed by atoms with Crippen LogP contribution in [-0.2, 0) is 12.0 Å². The second-order valence-electron chi connectivity index (χ2n) is 7.88. The molecule has 10 nitrogen and oxygen atoms in total. The molecule has 0 spiro atoms. The number of pyridine rings is 1. The molecule has 1 fully saturated rings. The van der Waals surface area contributed by atoms with Gasteiger partial charge in [-0.2, -0.15) is 15.3 Å². The van der Waals surface area contributed by atoms with Crippen LogP contribution in [0.3, 0.4) is 0 Å². The van der Waals surface area contributed by atoms with E-state index >= 15 is 0 Å². The maximum atomic E-state index is 9.42. The molecule has 2 N–H and O–H groups in total. The molecule has 0 saturated carbocycles. The van der Waals surface area contributed by atoms with E-state index in [0.717, 1.165) is 23.5 Å². The van der Waals surface area contributed by atoms with E-state index in [1.165, 1.54) is 5.56 Å². The predicted octanol–water partition coefficient (Wildman–Crippen LogP) is 1.32. The first-order chi connectivity index (χ1) is 14.6. The average molecular weight is 404 g/mol. The molecular formula is C20H24N10. The van der Waals surface area contributed by atoms with Gasteiger partial charge in [-0.3, -0.25) is 4.68 Å². The minimum atomic E-state index is -0.305. The van der Waals surface area contributed by atoms with Gasteiger partial charge in [0.15, 0.2) is 5.65 Å². The van der Waals surface area contributed by atoms with Crippen LogP contribution in [0, 0.1) is 11.3 Å². The summed E-state index contributed by atoms with van der Waals surface area (Å²) in [6, 6.07) is 6.37. The molecule has 2 aliphatic rings. The standard InChI is InChI=1S/C20H24N10/c1-3-15-9-23-30(11-15)20(6-7-21)13-28(14-20)17-5-4-8-29-18(17)25-19(26-29)24-16-10-22-27(2)12-16/h4-5,8-9,11-12,22H,3,6,10,13-14H2,1-2H3,(H,24,26). The smallest absolute Gasteiger partial charge is 0.247 e. The van der Waals surface area contributed by atoms with Crippen LogP contribution in [-0.4, -0.2) is 56.1 Å². The lowest BCUT2D eigenvalue weighted by atomic mass is 9.86. The van der Waals surface area contributed by atoms with Crippen LogP contribution in [0.1, 0.15) is 18.9 Å². The van der Waals surface area contributed by atoms with Crippen LogP contribution in [0.2, 0.25) is 0 Å². The van der Waals surface area contributed by atoms with Gasteiger partial charge in [-0.05, 0) is 24.1 Å². The molecule has 0 bridgehead atoms. The van der Waals surface area contributed by atoms with E-state index in [0.29, 0.717) is 32.0 Å². The number of fused-ring (bicyclic) bond motifs is 1. The van der Waals surface area contributed by atoms with Gasteiger partial charge < -0.3 is 15.2 Å². The summed E-state index contributed by atoms with van der Waals surface area (Å²) >= 11 is 0. The highest BCUT2D eigenvalue weighted by Gasteiger charge is 2.46. The normalized spacial score (nSPS) is 17.7. The number of hydrazine groups is 1. The zero-order valence-corrected chi connectivity index (χ0v) is 17.1. The quantitative estimate of drug-likeness (QED) is 0.634. The van der Waals surface area contributed by atoms with Crippen molar-refractivity contribution in [2.24, 2.45) is 0 Å². The number of hydrogen-bond donors (Lipinski definition) is 2. The van der Waals surface area contributed by atoms with Gasteiger partial charge in [-0.15, -0.1) is 5.10 Å². The number of nitriles is 1. The van der Waals surface area contributed by atoms with E-state index in [4.69, 9.17) is 4.98 Å². The van der Waals surface area contributed by atoms with Gasteiger partial charge in [0.2, 0.25) is 5.95 Å². The van der Waals surface area contributed by atoms with Crippen molar-refractivity contribution in [2.45, 2.75) is 25.3 Å². The molecule has 30 heavy (non-hydrogen) atoms. The van der Waals surface area contributed by atoms with Crippen molar-refractivity contribution in [1.29, 1.82) is 5.26 Å². The molecule has 5 rings (SSSR count). The molecule has 10 heteroatoms. The van der Waals surface area contributed by atoms with Crippen LogP contribution < -0.4 is 15.6 Å². The van der Waals surface area contributed by atoms with Crippen LogP contribution in [0.5, 0.6) is 0 Å². The van der Waals surface area contributed by atoms with Crippen molar-refractivity contribution >= 4 is 17.3 Å². The number of aromatic nitrogens is 5. The zero-order chi connectivity index (χ0) is 20.7. The number of nitrogens with zero attached hydrogens (tertiary/aromatic N) is 8. The zero-order valence-electron chi connectivity index (χ0n) is 17.1. The maximum absolute atomic E-state index is 9.42. The fraction of sp³-hybridized carbons (Fsp3) is 0.400. The fourth-order valence-electron chi connectivity index (χ4n) is 4.07. The van der Waals surface area contributed by atoms with E-state index < -0.39 is 0 Å². The third kappa shape index (κ3) is 3.04. The lowest BCUT2D eigenvalue weighted by Gasteiger charge is -2.50. The van der Waals surface area contributed by atoms with Gasteiger partial charge in [0.05, 0.1) is 36.6 Å². The highest BCUT2D eigenvalue weighted by Crippen LogP contribution is 2.37. The Morgan fingerprint density at radius 2 is 2.23 bits per heavy atom. The predicted molar refractivity (Wildman–Crippen MR) is 112 cm³/mol. The van der Waals surface area contributed by atoms with Crippen LogP contribution >= 0.6 is 0 Å². The third-order valence-corrected chi connectivity index (χ3v) is 5.73. The Kier molecular flexibility index (Phi) is 4.33. The first-order valence-corrected chi connectivity index (χ1v) is 10.1. The highest BCUT2D eigenvalue weighted by atomic mass is 15.5. The van der Waals surface area contributed by atoms with Crippen molar-refractivity contribution in [3.8, 4) is 6.07 Å². The average Bonchev–Trinajstić information content (AvgIpc) is 3.43. The van der Waals surface area contributed by atoms with E-state index in [9.17, 15) is 5.26 Å². The summed E-state index contributed by atoms with van der Waals surface area (Å²) in [7, 11) is 1.95. The van der Waals surface area contributed by atoms with Crippen molar-refractivity contribution in [2.75, 3.05) is 36.9 Å². The van der Waals surface area contributed by atoms with Crippen molar-refractivity contribution in [3.63, 3.8) is 0 Å². The molecule has 0 aromatic carbocycles. The van der Waals surface area contributed by atoms with E-state index in [1.807, 2.05) is 41.4 Å². The largest absolute Gasteiger partial charge is 0.363 e. The molecule has 0 unspecified atom stereocenters. The molecule has 3 aromatic rings. The van der Waals surface area contributed by atoms with Gasteiger partial charge in [-0.1, -0.05) is 6.92 Å². The number of nitrogens with one attached hydrogen (secondary N) is 2. The SMILES string of the molecule is CCc1cnn(C2(CC#N)CN(c3cccn4nc(NC5=CN(C)NC5)nc34)C2)c1. The minimum absolute atomic E-state index is 0.305. The van der Waals surface area contributed by atoms with Crippen LogP contribution in [0.4, 0.5) is 11.6 Å². The van der Waals surface area contributed by atoms with Gasteiger partial charge in [-0.25, -0.2) is 9.94 Å². The van der Waals surface area contributed by atoms with Gasteiger partial charge in [0.1, 0.15) is 5.54 Å². The Morgan fingerprint density at radius 3 is 2.93 bits per heavy atom. The Labute approximate surface area is 174 Å². The first kappa shape index (κ1) is 18.4. The summed E-state index contributed by atoms with van der Waals surface area (Å²) in [5.74, 6) is 0.564. The van der Waals surface area contributed by atoms with Gasteiger partial charge >= 0.3 is 0 Å². The molecule has 3 aromatic heterocycles. The van der Waals surface area contributed by atoms with E-state index in [-0.39, 0.29) is 5.54 Å². The number of hydrogen-bond acceptors (Lipinski definition) is 8. The van der Waals surface area contributed by atoms with E-state index in [2.05, 4.69) is 51.1 Å². The summed E-state index contributed by atoms with van der Waals surface area (Å²) in [6.45, 7) is 4.24. The molecule has 1 saturated heterocycles. The maximum Gasteiger partial charge on any atom is 0.247 e. The molecule has 0 amide bonds.